The molecule has 0 heteroatoms. The summed E-state index contributed by atoms with van der Waals surface area (Å²) in [4.78, 5) is 0. The Labute approximate surface area is 773 Å². The van der Waals surface area contributed by atoms with Crippen LogP contribution in [0.1, 0.15) is 200 Å². The zero-order valence-corrected chi connectivity index (χ0v) is 78.8. The fourth-order valence-electron chi connectivity index (χ4n) is 26.9. The summed E-state index contributed by atoms with van der Waals surface area (Å²) in [5.41, 5.74) is 60.5. The van der Waals surface area contributed by atoms with Gasteiger partial charge in [-0.05, 0) is 376 Å². The summed E-state index contributed by atoms with van der Waals surface area (Å²) in [6.45, 7) is 43.7. The van der Waals surface area contributed by atoms with E-state index in [4.69, 9.17) is 0 Å². The van der Waals surface area contributed by atoms with Gasteiger partial charge in [0, 0.05) is 37.9 Å². The van der Waals surface area contributed by atoms with Gasteiger partial charge >= 0.3 is 0 Å². The topological polar surface area (TPSA) is 0 Å². The van der Waals surface area contributed by atoms with E-state index >= 15 is 0 Å². The lowest BCUT2D eigenvalue weighted by atomic mass is 9.62. The number of benzene rings is 18. The first kappa shape index (κ1) is 79.6. The number of fused-ring (bicyclic) bond motifs is 25. The van der Waals surface area contributed by atoms with Crippen LogP contribution < -0.4 is 0 Å². The number of hydrogen-bond donors (Lipinski definition) is 0. The number of hydrogen-bond acceptors (Lipinski definition) is 0. The molecule has 634 valence electrons. The fraction of sp³-hybridized carbons (Fsp3) is 0.206. The van der Waals surface area contributed by atoms with Crippen LogP contribution in [0, 0.1) is 25.7 Å². The third-order valence-electron chi connectivity index (χ3n) is 34.0. The van der Waals surface area contributed by atoms with E-state index in [1.54, 1.807) is 0 Å². The summed E-state index contributed by atoms with van der Waals surface area (Å²) in [6, 6.07) is 129. The molecule has 0 aromatic heterocycles. The van der Waals surface area contributed by atoms with E-state index in [-0.39, 0.29) is 37.9 Å². The van der Waals surface area contributed by atoms with Gasteiger partial charge in [0.25, 0.3) is 0 Å². The Morgan fingerprint density at radius 3 is 0.649 bits per heavy atom. The predicted octanol–water partition coefficient (Wildman–Crippen LogP) is 35.4. The van der Waals surface area contributed by atoms with Crippen molar-refractivity contribution < 1.29 is 0 Å². The molecule has 7 aliphatic carbocycles. The van der Waals surface area contributed by atoms with Gasteiger partial charge < -0.3 is 0 Å². The zero-order valence-electron chi connectivity index (χ0n) is 78.8. The molecular weight excluding hydrogens is 1570 g/mol. The van der Waals surface area contributed by atoms with Crippen molar-refractivity contribution in [3.63, 3.8) is 0 Å². The molecule has 0 radical (unpaired) electrons. The van der Waals surface area contributed by atoms with Crippen molar-refractivity contribution in [3.8, 4) is 167 Å². The Morgan fingerprint density at radius 2 is 0.359 bits per heavy atom. The molecule has 0 unspecified atom stereocenters. The molecule has 18 aromatic carbocycles. The molecule has 0 N–H and O–H groups in total. The van der Waals surface area contributed by atoms with E-state index in [0.29, 0.717) is 11.8 Å². The van der Waals surface area contributed by atoms with Crippen molar-refractivity contribution in [3.05, 3.63) is 417 Å². The average Bonchev–Trinajstić information content (AvgIpc) is 1.51. The van der Waals surface area contributed by atoms with E-state index in [9.17, 15) is 0 Å². The van der Waals surface area contributed by atoms with E-state index < -0.39 is 0 Å². The maximum Gasteiger partial charge on any atom is 0.0261 e. The second kappa shape index (κ2) is 27.3. The van der Waals surface area contributed by atoms with Gasteiger partial charge in [-0.15, -0.1) is 0 Å². The van der Waals surface area contributed by atoms with Crippen molar-refractivity contribution in [1.29, 1.82) is 0 Å². The molecule has 0 fully saturated rings. The molecule has 0 atom stereocenters. The molecule has 0 nitrogen and oxygen atoms in total. The highest BCUT2D eigenvalue weighted by Crippen LogP contribution is 2.66. The first-order valence-electron chi connectivity index (χ1n) is 48.0. The molecule has 25 rings (SSSR count). The third-order valence-corrected chi connectivity index (χ3v) is 34.0. The molecule has 7 aliphatic rings. The van der Waals surface area contributed by atoms with Crippen LogP contribution in [0.2, 0.25) is 0 Å². The van der Waals surface area contributed by atoms with Crippen LogP contribution in [-0.2, 0) is 37.9 Å². The quantitative estimate of drug-likeness (QED) is 0.128. The minimum absolute atomic E-state index is 0.0442. The van der Waals surface area contributed by atoms with Crippen LogP contribution in [0.25, 0.3) is 188 Å². The molecule has 0 bridgehead atoms. The molecular formula is C131H110. The summed E-state index contributed by atoms with van der Waals surface area (Å²) >= 11 is 0. The van der Waals surface area contributed by atoms with E-state index in [1.807, 2.05) is 0 Å². The third kappa shape index (κ3) is 10.9. The predicted molar refractivity (Wildman–Crippen MR) is 556 cm³/mol. The maximum absolute atomic E-state index is 2.70. The fourth-order valence-corrected chi connectivity index (χ4v) is 26.9. The largest absolute Gasteiger partial charge is 0.0619 e. The highest BCUT2D eigenvalue weighted by atomic mass is 14.6. The lowest BCUT2D eigenvalue weighted by Crippen LogP contribution is -2.37. The Balaban J connectivity index is 0.492. The van der Waals surface area contributed by atoms with Crippen LogP contribution >= 0.6 is 0 Å². The molecule has 131 heavy (non-hydrogen) atoms. The van der Waals surface area contributed by atoms with Gasteiger partial charge in [-0.3, -0.25) is 0 Å². The molecule has 0 heterocycles. The summed E-state index contributed by atoms with van der Waals surface area (Å²) in [7, 11) is 0. The van der Waals surface area contributed by atoms with Gasteiger partial charge in [-0.1, -0.05) is 366 Å². The van der Waals surface area contributed by atoms with Gasteiger partial charge in [-0.2, -0.15) is 0 Å². The molecule has 0 spiro atoms. The highest BCUT2D eigenvalue weighted by molar-refractivity contribution is 6.12. The zero-order chi connectivity index (χ0) is 89.7. The Hall–Kier alpha value is -13.5. The van der Waals surface area contributed by atoms with Crippen molar-refractivity contribution in [2.24, 2.45) is 11.8 Å². The summed E-state index contributed by atoms with van der Waals surface area (Å²) in [6.07, 6.45) is 0. The lowest BCUT2D eigenvalue weighted by Gasteiger charge is -2.41. The minimum Gasteiger partial charge on any atom is -0.0619 e. The van der Waals surface area contributed by atoms with Gasteiger partial charge in [0.15, 0.2) is 0 Å². The molecule has 18 aromatic rings. The summed E-state index contributed by atoms with van der Waals surface area (Å²) in [5.74, 6) is 0.633. The Kier molecular flexibility index (Phi) is 16.6. The second-order valence-corrected chi connectivity index (χ2v) is 43.5. The Morgan fingerprint density at radius 1 is 0.153 bits per heavy atom. The summed E-state index contributed by atoms with van der Waals surface area (Å²) in [5, 5.41) is 5.24. The van der Waals surface area contributed by atoms with Crippen molar-refractivity contribution in [2.45, 2.75) is 163 Å². The smallest absolute Gasteiger partial charge is 0.0261 e. The van der Waals surface area contributed by atoms with Gasteiger partial charge in [0.05, 0.1) is 0 Å². The minimum atomic E-state index is -0.279. The first-order valence-corrected chi connectivity index (χ1v) is 48.0. The van der Waals surface area contributed by atoms with E-state index in [1.165, 1.54) is 277 Å². The van der Waals surface area contributed by atoms with Crippen molar-refractivity contribution in [1.82, 2.24) is 0 Å². The van der Waals surface area contributed by atoms with Gasteiger partial charge in [0.2, 0.25) is 0 Å². The monoisotopic (exact) mass is 1680 g/mol. The Bertz CT molecular complexity index is 7640. The SMILES string of the molecule is Cc1cc(-c2ccc3c(c2)C(C)(C)c2cc(-c4ccc5c(c4)C(C)(C)c4ccccc4-5)ccc2-3)ccc1-c1ccc(-c2cc3c(c4ccccc24)-c2cc4c(cc2C3(C)C)-c2cc3c(cc2C4(C(C)C)C(C)C)-c2c(cc(-c4ccc(-c5ccc(-c6ccc7c(c6)C(C)(C)c6cc(-c8ccc9c(c8)C(C)(C)c8ccccc8-9)ccc6-7)cc5C)cc4)c4ccccc24)C3(C)C)cc1. The van der Waals surface area contributed by atoms with Gasteiger partial charge in [0.1, 0.15) is 0 Å². The van der Waals surface area contributed by atoms with Crippen LogP contribution in [0.3, 0.4) is 0 Å². The first-order chi connectivity index (χ1) is 62.9. The standard InChI is InChI=1S/C131H110/c1-73(2)131(74(3)4)119-71-107-117(129(15,16)121-67-103(91-27-19-21-31-101(91)123(107)121)79-39-35-77(36-40-79)89-51-43-81(59-75(89)5)83-45-55-97-99-57-49-87(65-115(99)127(11,12)113(97)61-83)85-47-53-95-93-29-23-25-33-109(93)125(7,8)111(95)63-85)69-105(119)106-70-118-108(72-120(106)131)124-102-32-22-20-28-92(102)104(68-122(124)130(118,17)18)80-41-37-78(38-42-80)90-52-44-82(60-76(90)6)84-46-56-98-100-58-50-88(66-116(100)128(13,14)114(98)62-84)86-48-54-96-94-30-24-26-34-110(94)126(9,10)112(96)64-86/h19-74H,1-18H3. The van der Waals surface area contributed by atoms with Crippen molar-refractivity contribution in [2.75, 3.05) is 0 Å². The van der Waals surface area contributed by atoms with Crippen LogP contribution in [-0.4, -0.2) is 0 Å². The van der Waals surface area contributed by atoms with E-state index in [2.05, 4.69) is 452 Å². The lowest BCUT2D eigenvalue weighted by molar-refractivity contribution is 0.280. The molecule has 0 amide bonds. The average molecular weight is 1680 g/mol. The summed E-state index contributed by atoms with van der Waals surface area (Å²) < 4.78 is 0. The molecule has 0 saturated carbocycles. The molecule has 0 saturated heterocycles. The normalized spacial score (nSPS) is 16.1. The van der Waals surface area contributed by atoms with E-state index in [0.717, 1.165) is 0 Å². The number of rotatable bonds is 10. The molecule has 0 aliphatic heterocycles. The maximum atomic E-state index is 2.70. The van der Waals surface area contributed by atoms with Crippen LogP contribution in [0.15, 0.2) is 328 Å². The van der Waals surface area contributed by atoms with Gasteiger partial charge in [-0.25, -0.2) is 0 Å². The van der Waals surface area contributed by atoms with Crippen LogP contribution in [0.5, 0.6) is 0 Å². The van der Waals surface area contributed by atoms with Crippen LogP contribution in [0.4, 0.5) is 0 Å². The number of aryl methyl sites for hydroxylation is 2. The second-order valence-electron chi connectivity index (χ2n) is 43.5. The highest BCUT2D eigenvalue weighted by Gasteiger charge is 2.53. The van der Waals surface area contributed by atoms with Crippen molar-refractivity contribution >= 4 is 21.5 Å².